The van der Waals surface area contributed by atoms with Crippen LogP contribution < -0.4 is 0 Å². The zero-order chi connectivity index (χ0) is 12.5. The van der Waals surface area contributed by atoms with E-state index in [1.165, 1.54) is 10.9 Å². The van der Waals surface area contributed by atoms with Gasteiger partial charge in [-0.2, -0.15) is 0 Å². The molecular formula is C17H14HfN-. The molecule has 0 bridgehead atoms. The van der Waals surface area contributed by atoms with Crippen molar-refractivity contribution < 1.29 is 25.8 Å². The number of pyridine rings is 1. The first-order valence-electron chi connectivity index (χ1n) is 6.09. The van der Waals surface area contributed by atoms with Crippen LogP contribution in [-0.4, -0.2) is 4.98 Å². The third-order valence-electron chi connectivity index (χ3n) is 3.07. The quantitative estimate of drug-likeness (QED) is 0.430. The van der Waals surface area contributed by atoms with Gasteiger partial charge in [0, 0.05) is 37.6 Å². The number of nitrogens with zero attached hydrogens (tertiary/aromatic N) is 1. The van der Waals surface area contributed by atoms with Gasteiger partial charge in [0.1, 0.15) is 0 Å². The molecule has 0 aliphatic rings. The Morgan fingerprint density at radius 1 is 1.00 bits per heavy atom. The summed E-state index contributed by atoms with van der Waals surface area (Å²) in [4.78, 5) is 4.50. The van der Waals surface area contributed by atoms with Crippen LogP contribution in [0.1, 0.15) is 11.1 Å². The van der Waals surface area contributed by atoms with E-state index < -0.39 is 0 Å². The Hall–Kier alpha value is -1.28. The van der Waals surface area contributed by atoms with Gasteiger partial charge in [-0.1, -0.05) is 43.7 Å². The molecule has 2 aromatic carbocycles. The summed E-state index contributed by atoms with van der Waals surface area (Å²) in [6.45, 7) is 4.19. The van der Waals surface area contributed by atoms with Crippen molar-refractivity contribution in [3.63, 3.8) is 0 Å². The van der Waals surface area contributed by atoms with E-state index in [-0.39, 0.29) is 25.8 Å². The minimum absolute atomic E-state index is 0. The topological polar surface area (TPSA) is 12.9 Å². The first kappa shape index (κ1) is 14.1. The van der Waals surface area contributed by atoms with E-state index in [9.17, 15) is 0 Å². The molecule has 92 valence electrons. The van der Waals surface area contributed by atoms with Crippen molar-refractivity contribution in [1.29, 1.82) is 0 Å². The molecule has 1 aromatic heterocycles. The van der Waals surface area contributed by atoms with Crippen molar-refractivity contribution in [3.8, 4) is 11.1 Å². The number of para-hydroxylation sites is 1. The second kappa shape index (κ2) is 5.79. The molecule has 2 heteroatoms. The SMILES string of the molecule is Cc1[c-]c(-c2cccc3cccnc23)cc(C)c1.[Hf]. The Balaban J connectivity index is 0.00000133. The second-order valence-electron chi connectivity index (χ2n) is 4.64. The minimum atomic E-state index is 0. The van der Waals surface area contributed by atoms with Gasteiger partial charge in [-0.3, -0.25) is 4.98 Å². The summed E-state index contributed by atoms with van der Waals surface area (Å²) < 4.78 is 0. The van der Waals surface area contributed by atoms with Gasteiger partial charge in [-0.25, -0.2) is 0 Å². The van der Waals surface area contributed by atoms with E-state index in [0.717, 1.165) is 22.2 Å². The third-order valence-corrected chi connectivity index (χ3v) is 3.07. The van der Waals surface area contributed by atoms with Crippen molar-refractivity contribution in [3.05, 3.63) is 65.9 Å². The van der Waals surface area contributed by atoms with Crippen LogP contribution in [0.3, 0.4) is 0 Å². The van der Waals surface area contributed by atoms with Crippen LogP contribution in [0.25, 0.3) is 22.0 Å². The largest absolute Gasteiger partial charge is 0.266 e. The Labute approximate surface area is 132 Å². The Kier molecular flexibility index (Phi) is 4.31. The molecule has 0 saturated carbocycles. The van der Waals surface area contributed by atoms with Crippen LogP contribution in [0, 0.1) is 19.9 Å². The maximum absolute atomic E-state index is 4.50. The van der Waals surface area contributed by atoms with Gasteiger partial charge in [0.05, 0.1) is 0 Å². The molecule has 0 amide bonds. The predicted molar refractivity (Wildman–Crippen MR) is 75.5 cm³/mol. The zero-order valence-electron chi connectivity index (χ0n) is 11.1. The first-order valence-corrected chi connectivity index (χ1v) is 6.09. The summed E-state index contributed by atoms with van der Waals surface area (Å²) >= 11 is 0. The van der Waals surface area contributed by atoms with E-state index in [1.54, 1.807) is 0 Å². The number of hydrogen-bond acceptors (Lipinski definition) is 1. The number of aryl methyl sites for hydroxylation is 2. The van der Waals surface area contributed by atoms with Gasteiger partial charge in [-0.05, 0) is 11.5 Å². The smallest absolute Gasteiger partial charge is 0.0366 e. The fraction of sp³-hybridized carbons (Fsp3) is 0.118. The molecule has 0 aliphatic heterocycles. The predicted octanol–water partition coefficient (Wildman–Crippen LogP) is 4.32. The van der Waals surface area contributed by atoms with E-state index in [1.807, 2.05) is 12.3 Å². The van der Waals surface area contributed by atoms with Crippen LogP contribution in [0.15, 0.2) is 48.7 Å². The van der Waals surface area contributed by atoms with Crippen LogP contribution in [0.2, 0.25) is 0 Å². The van der Waals surface area contributed by atoms with Gasteiger partial charge in [0.25, 0.3) is 0 Å². The number of rotatable bonds is 1. The van der Waals surface area contributed by atoms with E-state index >= 15 is 0 Å². The molecule has 1 heterocycles. The molecule has 0 fully saturated rings. The maximum Gasteiger partial charge on any atom is 0.0366 e. The molecule has 3 aromatic rings. The van der Waals surface area contributed by atoms with Crippen LogP contribution in [0.4, 0.5) is 0 Å². The van der Waals surface area contributed by atoms with E-state index in [4.69, 9.17) is 0 Å². The van der Waals surface area contributed by atoms with Crippen molar-refractivity contribution in [2.75, 3.05) is 0 Å². The Bertz CT molecular complexity index is 694. The number of aromatic nitrogens is 1. The van der Waals surface area contributed by atoms with E-state index in [0.29, 0.717) is 0 Å². The Morgan fingerprint density at radius 2 is 1.79 bits per heavy atom. The third kappa shape index (κ3) is 2.84. The molecule has 0 N–H and O–H groups in total. The van der Waals surface area contributed by atoms with E-state index in [2.05, 4.69) is 61.3 Å². The normalized spacial score (nSPS) is 10.2. The molecule has 1 nitrogen and oxygen atoms in total. The number of benzene rings is 2. The van der Waals surface area contributed by atoms with Gasteiger partial charge in [0.15, 0.2) is 0 Å². The van der Waals surface area contributed by atoms with Gasteiger partial charge < -0.3 is 0 Å². The van der Waals surface area contributed by atoms with Crippen LogP contribution >= 0.6 is 0 Å². The summed E-state index contributed by atoms with van der Waals surface area (Å²) in [6, 6.07) is 18.1. The minimum Gasteiger partial charge on any atom is -0.266 e. The average Bonchev–Trinajstić information content (AvgIpc) is 2.37. The van der Waals surface area contributed by atoms with Gasteiger partial charge in [-0.15, -0.1) is 34.9 Å². The second-order valence-corrected chi connectivity index (χ2v) is 4.64. The zero-order valence-corrected chi connectivity index (χ0v) is 14.7. The van der Waals surface area contributed by atoms with Crippen molar-refractivity contribution in [2.24, 2.45) is 0 Å². The maximum atomic E-state index is 4.50. The van der Waals surface area contributed by atoms with Crippen LogP contribution in [-0.2, 0) is 25.8 Å². The fourth-order valence-corrected chi connectivity index (χ4v) is 2.36. The molecule has 0 spiro atoms. The molecular weight excluding hydrogens is 397 g/mol. The fourth-order valence-electron chi connectivity index (χ4n) is 2.36. The number of hydrogen-bond donors (Lipinski definition) is 0. The van der Waals surface area contributed by atoms with Crippen molar-refractivity contribution in [2.45, 2.75) is 13.8 Å². The molecule has 3 rings (SSSR count). The average molecular weight is 411 g/mol. The Morgan fingerprint density at radius 3 is 2.58 bits per heavy atom. The summed E-state index contributed by atoms with van der Waals surface area (Å²) in [5.74, 6) is 0. The molecule has 0 aliphatic carbocycles. The standard InChI is InChI=1S/C17H14N.Hf/c1-12-9-13(2)11-15(10-12)16-7-3-5-14-6-4-8-18-17(14)16;/h3-10H,1-2H3;/q-1;. The summed E-state index contributed by atoms with van der Waals surface area (Å²) in [7, 11) is 0. The summed E-state index contributed by atoms with van der Waals surface area (Å²) in [6.07, 6.45) is 1.84. The summed E-state index contributed by atoms with van der Waals surface area (Å²) in [5.41, 5.74) is 5.74. The molecule has 0 atom stereocenters. The van der Waals surface area contributed by atoms with Crippen LogP contribution in [0.5, 0.6) is 0 Å². The van der Waals surface area contributed by atoms with Crippen molar-refractivity contribution >= 4 is 10.9 Å². The van der Waals surface area contributed by atoms with Gasteiger partial charge >= 0.3 is 0 Å². The molecule has 19 heavy (non-hydrogen) atoms. The molecule has 0 saturated heterocycles. The first-order chi connectivity index (χ1) is 8.74. The number of fused-ring (bicyclic) bond motifs is 1. The van der Waals surface area contributed by atoms with Crippen molar-refractivity contribution in [1.82, 2.24) is 4.98 Å². The summed E-state index contributed by atoms with van der Waals surface area (Å²) in [5, 5.41) is 1.17. The molecule has 0 radical (unpaired) electrons. The van der Waals surface area contributed by atoms with Gasteiger partial charge in [0.2, 0.25) is 0 Å². The monoisotopic (exact) mass is 412 g/mol. The molecule has 0 unspecified atom stereocenters.